The molecule has 0 saturated heterocycles. The summed E-state index contributed by atoms with van der Waals surface area (Å²) in [4.78, 5) is 9.39. The van der Waals surface area contributed by atoms with Crippen LogP contribution in [0.15, 0.2) is 30.3 Å². The lowest BCUT2D eigenvalue weighted by molar-refractivity contribution is 0.249. The molecule has 0 spiro atoms. The van der Waals surface area contributed by atoms with Gasteiger partial charge in [-0.3, -0.25) is 4.90 Å². The second-order valence-corrected chi connectivity index (χ2v) is 8.23. The molecule has 112 valence electrons. The van der Waals surface area contributed by atoms with Gasteiger partial charge in [0, 0.05) is 29.9 Å². The SMILES string of the molecule is Nc1sc(=S)nc2sc3c(c12)CCN(Cc1ccccc1)C3. The lowest BCUT2D eigenvalue weighted by atomic mass is 10.0. The zero-order valence-corrected chi connectivity index (χ0v) is 14.4. The first-order valence-electron chi connectivity index (χ1n) is 7.18. The molecule has 22 heavy (non-hydrogen) atoms. The zero-order valence-electron chi connectivity index (χ0n) is 11.9. The quantitative estimate of drug-likeness (QED) is 0.706. The van der Waals surface area contributed by atoms with E-state index in [1.165, 1.54) is 27.3 Å². The highest BCUT2D eigenvalue weighted by molar-refractivity contribution is 7.73. The van der Waals surface area contributed by atoms with Crippen LogP contribution in [-0.4, -0.2) is 16.4 Å². The zero-order chi connectivity index (χ0) is 15.1. The molecule has 0 amide bonds. The Balaban J connectivity index is 1.66. The van der Waals surface area contributed by atoms with E-state index in [2.05, 4.69) is 40.2 Å². The van der Waals surface area contributed by atoms with Gasteiger partial charge in [0.15, 0.2) is 3.95 Å². The van der Waals surface area contributed by atoms with Gasteiger partial charge in [-0.25, -0.2) is 4.98 Å². The van der Waals surface area contributed by atoms with E-state index >= 15 is 0 Å². The molecule has 1 aromatic carbocycles. The number of benzene rings is 1. The van der Waals surface area contributed by atoms with Crippen molar-refractivity contribution in [3.8, 4) is 0 Å². The molecule has 0 aliphatic carbocycles. The number of anilines is 1. The molecule has 6 heteroatoms. The van der Waals surface area contributed by atoms with Crippen molar-refractivity contribution in [2.45, 2.75) is 19.5 Å². The monoisotopic (exact) mass is 345 g/mol. The average Bonchev–Trinajstić information content (AvgIpc) is 2.85. The Labute approximate surface area is 142 Å². The van der Waals surface area contributed by atoms with Gasteiger partial charge in [-0.1, -0.05) is 41.7 Å². The summed E-state index contributed by atoms with van der Waals surface area (Å²) in [5.74, 6) is 0. The molecular formula is C16H15N3S3. The Morgan fingerprint density at radius 3 is 2.86 bits per heavy atom. The minimum absolute atomic E-state index is 0.629. The molecule has 1 aliphatic heterocycles. The molecular weight excluding hydrogens is 330 g/mol. The largest absolute Gasteiger partial charge is 0.390 e. The number of nitrogens with zero attached hydrogens (tertiary/aromatic N) is 2. The van der Waals surface area contributed by atoms with Crippen LogP contribution in [0.1, 0.15) is 16.0 Å². The van der Waals surface area contributed by atoms with Crippen LogP contribution in [0.25, 0.3) is 10.2 Å². The van der Waals surface area contributed by atoms with Crippen LogP contribution in [0.2, 0.25) is 0 Å². The number of thiophene rings is 1. The van der Waals surface area contributed by atoms with Crippen molar-refractivity contribution >= 4 is 50.1 Å². The second-order valence-electron chi connectivity index (χ2n) is 5.47. The van der Waals surface area contributed by atoms with Crippen molar-refractivity contribution in [1.82, 2.24) is 9.88 Å². The van der Waals surface area contributed by atoms with Gasteiger partial charge in [-0.15, -0.1) is 11.3 Å². The van der Waals surface area contributed by atoms with E-state index in [4.69, 9.17) is 18.0 Å². The molecule has 0 unspecified atom stereocenters. The number of hydrogen-bond acceptors (Lipinski definition) is 6. The van der Waals surface area contributed by atoms with Gasteiger partial charge in [0.05, 0.1) is 5.00 Å². The molecule has 4 rings (SSSR count). The van der Waals surface area contributed by atoms with Crippen LogP contribution < -0.4 is 5.73 Å². The number of fused-ring (bicyclic) bond motifs is 3. The van der Waals surface area contributed by atoms with Crippen LogP contribution in [0.4, 0.5) is 5.00 Å². The highest BCUT2D eigenvalue weighted by Gasteiger charge is 2.23. The Morgan fingerprint density at radius 2 is 2.05 bits per heavy atom. The first kappa shape index (κ1) is 14.3. The van der Waals surface area contributed by atoms with Crippen molar-refractivity contribution in [3.05, 3.63) is 50.3 Å². The fourth-order valence-electron chi connectivity index (χ4n) is 3.00. The lowest BCUT2D eigenvalue weighted by Crippen LogP contribution is -2.29. The summed E-state index contributed by atoms with van der Waals surface area (Å²) in [6.07, 6.45) is 1.04. The second kappa shape index (κ2) is 5.70. The summed E-state index contributed by atoms with van der Waals surface area (Å²) in [7, 11) is 0. The van der Waals surface area contributed by atoms with Crippen molar-refractivity contribution in [3.63, 3.8) is 0 Å². The van der Waals surface area contributed by atoms with E-state index in [-0.39, 0.29) is 0 Å². The minimum Gasteiger partial charge on any atom is -0.390 e. The van der Waals surface area contributed by atoms with Crippen LogP contribution in [-0.2, 0) is 19.5 Å². The predicted octanol–water partition coefficient (Wildman–Crippen LogP) is 4.23. The van der Waals surface area contributed by atoms with Gasteiger partial charge in [0.2, 0.25) is 0 Å². The Kier molecular flexibility index (Phi) is 3.69. The van der Waals surface area contributed by atoms with Crippen molar-refractivity contribution in [2.75, 3.05) is 12.3 Å². The molecule has 0 saturated carbocycles. The normalized spacial score (nSPS) is 15.1. The van der Waals surface area contributed by atoms with Gasteiger partial charge in [0.1, 0.15) is 4.83 Å². The maximum Gasteiger partial charge on any atom is 0.183 e. The lowest BCUT2D eigenvalue weighted by Gasteiger charge is -2.26. The van der Waals surface area contributed by atoms with Crippen LogP contribution >= 0.6 is 34.9 Å². The van der Waals surface area contributed by atoms with Gasteiger partial charge >= 0.3 is 0 Å². The highest BCUT2D eigenvalue weighted by atomic mass is 32.1. The summed E-state index contributed by atoms with van der Waals surface area (Å²) >= 11 is 8.37. The summed E-state index contributed by atoms with van der Waals surface area (Å²) < 4.78 is 0.629. The molecule has 0 radical (unpaired) electrons. The molecule has 2 N–H and O–H groups in total. The maximum absolute atomic E-state index is 6.19. The number of aromatic nitrogens is 1. The van der Waals surface area contributed by atoms with Crippen molar-refractivity contribution in [2.24, 2.45) is 0 Å². The summed E-state index contributed by atoms with van der Waals surface area (Å²) in [6.45, 7) is 3.03. The summed E-state index contributed by atoms with van der Waals surface area (Å²) in [5.41, 5.74) is 8.94. The molecule has 2 aromatic heterocycles. The first-order chi connectivity index (χ1) is 10.7. The number of nitrogen functional groups attached to an aromatic ring is 1. The van der Waals surface area contributed by atoms with E-state index in [1.54, 1.807) is 11.3 Å². The summed E-state index contributed by atoms with van der Waals surface area (Å²) in [6, 6.07) is 10.6. The molecule has 0 atom stereocenters. The Bertz CT molecular complexity index is 883. The standard InChI is InChI=1S/C16H15N3S3/c17-14-13-11-6-7-19(8-10-4-2-1-3-5-10)9-12(11)21-15(13)18-16(20)22-14/h1-5H,6-9,17H2. The summed E-state index contributed by atoms with van der Waals surface area (Å²) in [5, 5.41) is 1.97. The number of hydrogen-bond donors (Lipinski definition) is 1. The maximum atomic E-state index is 6.19. The van der Waals surface area contributed by atoms with Crippen LogP contribution in [0, 0.1) is 3.95 Å². The fourth-order valence-corrected chi connectivity index (χ4v) is 5.47. The topological polar surface area (TPSA) is 42.1 Å². The number of rotatable bonds is 2. The third-order valence-electron chi connectivity index (χ3n) is 4.00. The van der Waals surface area contributed by atoms with Crippen LogP contribution in [0.3, 0.4) is 0 Å². The molecule has 3 nitrogen and oxygen atoms in total. The van der Waals surface area contributed by atoms with Crippen molar-refractivity contribution < 1.29 is 0 Å². The van der Waals surface area contributed by atoms with E-state index in [1.807, 2.05) is 0 Å². The van der Waals surface area contributed by atoms with Gasteiger partial charge in [-0.2, -0.15) is 0 Å². The molecule has 3 aromatic rings. The molecule has 0 bridgehead atoms. The molecule has 3 heterocycles. The smallest absolute Gasteiger partial charge is 0.183 e. The van der Waals surface area contributed by atoms with Gasteiger partial charge in [0.25, 0.3) is 0 Å². The van der Waals surface area contributed by atoms with Gasteiger partial charge in [-0.05, 0) is 29.8 Å². The molecule has 1 aliphatic rings. The number of nitrogens with two attached hydrogens (primary N) is 1. The third-order valence-corrected chi connectivity index (χ3v) is 6.14. The highest BCUT2D eigenvalue weighted by Crippen LogP contribution is 2.38. The average molecular weight is 346 g/mol. The third kappa shape index (κ3) is 2.56. The van der Waals surface area contributed by atoms with E-state index in [0.29, 0.717) is 3.95 Å². The first-order valence-corrected chi connectivity index (χ1v) is 9.22. The van der Waals surface area contributed by atoms with Crippen molar-refractivity contribution in [1.29, 1.82) is 0 Å². The van der Waals surface area contributed by atoms with Crippen LogP contribution in [0.5, 0.6) is 0 Å². The van der Waals surface area contributed by atoms with E-state index < -0.39 is 0 Å². The minimum atomic E-state index is 0.629. The fraction of sp³-hybridized carbons (Fsp3) is 0.250. The van der Waals surface area contributed by atoms with E-state index in [9.17, 15) is 0 Å². The van der Waals surface area contributed by atoms with Gasteiger partial charge < -0.3 is 5.73 Å². The van der Waals surface area contributed by atoms with E-state index in [0.717, 1.165) is 41.3 Å². The molecule has 0 fully saturated rings. The Morgan fingerprint density at radius 1 is 1.23 bits per heavy atom. The predicted molar refractivity (Wildman–Crippen MR) is 97.0 cm³/mol. The Hall–Kier alpha value is -1.34.